The van der Waals surface area contributed by atoms with E-state index in [9.17, 15) is 14.4 Å². The average Bonchev–Trinajstić information content (AvgIpc) is 2.97. The molecule has 1 N–H and O–H groups in total. The van der Waals surface area contributed by atoms with E-state index in [-0.39, 0.29) is 24.3 Å². The zero-order valence-corrected chi connectivity index (χ0v) is 14.6. The van der Waals surface area contributed by atoms with Crippen LogP contribution in [0.3, 0.4) is 0 Å². The van der Waals surface area contributed by atoms with Gasteiger partial charge in [0.05, 0.1) is 24.6 Å². The van der Waals surface area contributed by atoms with Gasteiger partial charge in [-0.2, -0.15) is 0 Å². The number of rotatable bonds is 4. The summed E-state index contributed by atoms with van der Waals surface area (Å²) in [6, 6.07) is 15.7. The highest BCUT2D eigenvalue weighted by atomic mass is 16.5. The summed E-state index contributed by atoms with van der Waals surface area (Å²) in [5.74, 6) is -1.19. The lowest BCUT2D eigenvalue weighted by atomic mass is 9.93. The first-order valence-electron chi connectivity index (χ1n) is 8.31. The molecule has 0 spiro atoms. The number of nitrogens with one attached hydrogen (secondary N) is 1. The molecular formula is C20H20N2O4. The van der Waals surface area contributed by atoms with E-state index in [1.807, 2.05) is 30.3 Å². The van der Waals surface area contributed by atoms with E-state index in [4.69, 9.17) is 0 Å². The van der Waals surface area contributed by atoms with Crippen molar-refractivity contribution in [2.45, 2.75) is 12.5 Å². The monoisotopic (exact) mass is 352 g/mol. The van der Waals surface area contributed by atoms with Gasteiger partial charge in [0.25, 0.3) is 0 Å². The molecule has 0 aromatic heterocycles. The first kappa shape index (κ1) is 17.7. The lowest BCUT2D eigenvalue weighted by Gasteiger charge is -2.25. The fourth-order valence-corrected chi connectivity index (χ4v) is 3.25. The summed E-state index contributed by atoms with van der Waals surface area (Å²) in [7, 11) is 3.04. The molecule has 2 unspecified atom stereocenters. The van der Waals surface area contributed by atoms with E-state index in [0.717, 1.165) is 5.56 Å². The normalized spacial score (nSPS) is 19.3. The van der Waals surface area contributed by atoms with Crippen molar-refractivity contribution in [1.82, 2.24) is 4.90 Å². The van der Waals surface area contributed by atoms with Crippen LogP contribution in [-0.4, -0.2) is 36.8 Å². The van der Waals surface area contributed by atoms with Gasteiger partial charge in [-0.3, -0.25) is 9.59 Å². The van der Waals surface area contributed by atoms with Crippen molar-refractivity contribution < 1.29 is 19.1 Å². The number of hydrogen-bond donors (Lipinski definition) is 1. The predicted octanol–water partition coefficient (Wildman–Crippen LogP) is 2.63. The zero-order valence-electron chi connectivity index (χ0n) is 14.6. The Labute approximate surface area is 151 Å². The molecule has 2 amide bonds. The van der Waals surface area contributed by atoms with E-state index < -0.39 is 11.9 Å². The van der Waals surface area contributed by atoms with Crippen molar-refractivity contribution in [2.24, 2.45) is 5.92 Å². The number of anilines is 1. The second-order valence-corrected chi connectivity index (χ2v) is 6.23. The number of amides is 2. The SMILES string of the molecule is COC(=O)c1ccc(NC(=O)C2CC(=O)N(C)C2c2ccccc2)cc1. The van der Waals surface area contributed by atoms with Crippen LogP contribution in [0.25, 0.3) is 0 Å². The van der Waals surface area contributed by atoms with Crippen molar-refractivity contribution in [3.05, 3.63) is 65.7 Å². The summed E-state index contributed by atoms with van der Waals surface area (Å²) in [5.41, 5.74) is 1.90. The van der Waals surface area contributed by atoms with Gasteiger partial charge in [0.1, 0.15) is 0 Å². The minimum absolute atomic E-state index is 0.0555. The van der Waals surface area contributed by atoms with Crippen molar-refractivity contribution >= 4 is 23.5 Å². The first-order valence-corrected chi connectivity index (χ1v) is 8.31. The minimum atomic E-state index is -0.477. The van der Waals surface area contributed by atoms with Gasteiger partial charge >= 0.3 is 5.97 Å². The summed E-state index contributed by atoms with van der Waals surface area (Å²) >= 11 is 0. The van der Waals surface area contributed by atoms with Crippen LogP contribution in [0.2, 0.25) is 0 Å². The van der Waals surface area contributed by atoms with Gasteiger partial charge in [0.15, 0.2) is 0 Å². The molecule has 6 nitrogen and oxygen atoms in total. The van der Waals surface area contributed by atoms with Gasteiger partial charge < -0.3 is 15.0 Å². The van der Waals surface area contributed by atoms with Gasteiger partial charge in [-0.05, 0) is 29.8 Å². The number of carbonyl (C=O) groups is 3. The Balaban J connectivity index is 1.77. The van der Waals surface area contributed by atoms with Gasteiger partial charge in [-0.25, -0.2) is 4.79 Å². The average molecular weight is 352 g/mol. The fraction of sp³-hybridized carbons (Fsp3) is 0.250. The van der Waals surface area contributed by atoms with E-state index in [2.05, 4.69) is 10.1 Å². The number of hydrogen-bond acceptors (Lipinski definition) is 4. The summed E-state index contributed by atoms with van der Waals surface area (Å²) in [5, 5.41) is 2.84. The highest BCUT2D eigenvalue weighted by Gasteiger charge is 2.42. The third-order valence-corrected chi connectivity index (χ3v) is 4.64. The molecule has 134 valence electrons. The standard InChI is InChI=1S/C20H20N2O4/c1-22-17(23)12-16(18(22)13-6-4-3-5-7-13)19(24)21-15-10-8-14(9-11-15)20(25)26-2/h3-11,16,18H,12H2,1-2H3,(H,21,24). The van der Waals surface area contributed by atoms with Gasteiger partial charge in [0, 0.05) is 19.2 Å². The number of carbonyl (C=O) groups excluding carboxylic acids is 3. The Morgan fingerprint density at radius 1 is 1.08 bits per heavy atom. The van der Waals surface area contributed by atoms with Crippen LogP contribution in [0.4, 0.5) is 5.69 Å². The molecule has 1 fully saturated rings. The molecule has 0 saturated carbocycles. The largest absolute Gasteiger partial charge is 0.465 e. The quantitative estimate of drug-likeness (QED) is 0.859. The smallest absolute Gasteiger partial charge is 0.337 e. The Morgan fingerprint density at radius 2 is 1.73 bits per heavy atom. The Kier molecular flexibility index (Phi) is 5.02. The molecule has 1 aliphatic heterocycles. The number of methoxy groups -OCH3 is 1. The van der Waals surface area contributed by atoms with Crippen molar-refractivity contribution in [3.63, 3.8) is 0 Å². The summed E-state index contributed by atoms with van der Waals surface area (Å²) in [6.45, 7) is 0. The van der Waals surface area contributed by atoms with Gasteiger partial charge in [0.2, 0.25) is 11.8 Å². The van der Waals surface area contributed by atoms with Crippen LogP contribution in [0.15, 0.2) is 54.6 Å². The van der Waals surface area contributed by atoms with Crippen LogP contribution < -0.4 is 5.32 Å². The first-order chi connectivity index (χ1) is 12.5. The number of benzene rings is 2. The number of ether oxygens (including phenoxy) is 1. The van der Waals surface area contributed by atoms with Crippen molar-refractivity contribution in [3.8, 4) is 0 Å². The molecule has 2 aromatic carbocycles. The zero-order chi connectivity index (χ0) is 18.7. The van der Waals surface area contributed by atoms with E-state index >= 15 is 0 Å². The molecule has 3 rings (SSSR count). The number of likely N-dealkylation sites (tertiary alicyclic amines) is 1. The lowest BCUT2D eigenvalue weighted by molar-refractivity contribution is -0.128. The molecule has 2 atom stereocenters. The van der Waals surface area contributed by atoms with Crippen LogP contribution in [0, 0.1) is 5.92 Å². The maximum absolute atomic E-state index is 12.8. The molecule has 1 aliphatic rings. The second-order valence-electron chi connectivity index (χ2n) is 6.23. The van der Waals surface area contributed by atoms with Crippen LogP contribution >= 0.6 is 0 Å². The Morgan fingerprint density at radius 3 is 2.35 bits per heavy atom. The van der Waals surface area contributed by atoms with E-state index in [1.54, 1.807) is 36.2 Å². The third-order valence-electron chi connectivity index (χ3n) is 4.64. The van der Waals surface area contributed by atoms with E-state index in [0.29, 0.717) is 11.3 Å². The molecule has 0 radical (unpaired) electrons. The molecule has 1 heterocycles. The predicted molar refractivity (Wildman–Crippen MR) is 96.5 cm³/mol. The van der Waals surface area contributed by atoms with E-state index in [1.165, 1.54) is 7.11 Å². The van der Waals surface area contributed by atoms with Crippen LogP contribution in [0.5, 0.6) is 0 Å². The third kappa shape index (κ3) is 3.44. The minimum Gasteiger partial charge on any atom is -0.465 e. The number of nitrogens with zero attached hydrogens (tertiary/aromatic N) is 1. The summed E-state index contributed by atoms with van der Waals surface area (Å²) in [6.07, 6.45) is 0.169. The number of esters is 1. The topological polar surface area (TPSA) is 75.7 Å². The fourth-order valence-electron chi connectivity index (χ4n) is 3.25. The molecule has 0 aliphatic carbocycles. The highest BCUT2D eigenvalue weighted by Crippen LogP contribution is 2.37. The summed E-state index contributed by atoms with van der Waals surface area (Å²) < 4.78 is 4.66. The molecule has 1 saturated heterocycles. The molecule has 0 bridgehead atoms. The Hall–Kier alpha value is -3.15. The van der Waals surface area contributed by atoms with Crippen LogP contribution in [-0.2, 0) is 14.3 Å². The summed E-state index contributed by atoms with van der Waals surface area (Å²) in [4.78, 5) is 38.1. The molecule has 2 aromatic rings. The highest BCUT2D eigenvalue weighted by molar-refractivity contribution is 5.98. The van der Waals surface area contributed by atoms with Gasteiger partial charge in [-0.1, -0.05) is 30.3 Å². The second kappa shape index (κ2) is 7.39. The van der Waals surface area contributed by atoms with Crippen LogP contribution in [0.1, 0.15) is 28.4 Å². The Bertz CT molecular complexity index is 817. The lowest BCUT2D eigenvalue weighted by Crippen LogP contribution is -2.30. The molecule has 26 heavy (non-hydrogen) atoms. The molecule has 6 heteroatoms. The maximum atomic E-state index is 12.8. The molecular weight excluding hydrogens is 332 g/mol. The maximum Gasteiger partial charge on any atom is 0.337 e. The van der Waals surface area contributed by atoms with Gasteiger partial charge in [-0.15, -0.1) is 0 Å². The van der Waals surface area contributed by atoms with Crippen molar-refractivity contribution in [2.75, 3.05) is 19.5 Å². The van der Waals surface area contributed by atoms with Crippen molar-refractivity contribution in [1.29, 1.82) is 0 Å².